The lowest BCUT2D eigenvalue weighted by Crippen LogP contribution is -1.85. The van der Waals surface area contributed by atoms with Crippen molar-refractivity contribution in [3.63, 3.8) is 0 Å². The zero-order valence-electron chi connectivity index (χ0n) is 16.1. The summed E-state index contributed by atoms with van der Waals surface area (Å²) in [4.78, 5) is 0. The molecule has 0 saturated carbocycles. The van der Waals surface area contributed by atoms with Crippen LogP contribution in [-0.4, -0.2) is 0 Å². The molecule has 136 valence electrons. The van der Waals surface area contributed by atoms with Crippen molar-refractivity contribution in [3.05, 3.63) is 126 Å². The van der Waals surface area contributed by atoms with Gasteiger partial charge < -0.3 is 0 Å². The van der Waals surface area contributed by atoms with Crippen molar-refractivity contribution in [2.24, 2.45) is 0 Å². The van der Waals surface area contributed by atoms with Crippen molar-refractivity contribution in [3.8, 4) is 11.1 Å². The third-order valence-corrected chi connectivity index (χ3v) is 6.06. The Labute approximate surface area is 171 Å². The molecule has 0 bridgehead atoms. The van der Waals surface area contributed by atoms with Crippen LogP contribution in [0.3, 0.4) is 0 Å². The molecule has 0 amide bonds. The van der Waals surface area contributed by atoms with Crippen molar-refractivity contribution >= 4 is 27.5 Å². The van der Waals surface area contributed by atoms with Crippen LogP contribution in [0.1, 0.15) is 23.1 Å². The molecule has 0 heterocycles. The third-order valence-electron chi connectivity index (χ3n) is 6.06. The smallest absolute Gasteiger partial charge is 0.00203 e. The van der Waals surface area contributed by atoms with E-state index in [9.17, 15) is 0 Å². The van der Waals surface area contributed by atoms with Crippen molar-refractivity contribution in [1.82, 2.24) is 0 Å². The monoisotopic (exact) mass is 368 g/mol. The highest BCUT2D eigenvalue weighted by atomic mass is 14.3. The predicted octanol–water partition coefficient (Wildman–Crippen LogP) is 7.77. The average molecular weight is 368 g/mol. The first-order valence-electron chi connectivity index (χ1n) is 10.2. The molecule has 0 N–H and O–H groups in total. The van der Waals surface area contributed by atoms with Crippen LogP contribution in [0.15, 0.2) is 109 Å². The Morgan fingerprint density at radius 1 is 0.483 bits per heavy atom. The maximum absolute atomic E-state index is 2.39. The molecule has 0 fully saturated rings. The fraction of sp³-hybridized carbons (Fsp3) is 0.0345. The second-order valence-corrected chi connectivity index (χ2v) is 7.69. The summed E-state index contributed by atoms with van der Waals surface area (Å²) in [5.41, 5.74) is 10.6. The van der Waals surface area contributed by atoms with E-state index in [1.807, 2.05) is 0 Å². The molecule has 0 radical (unpaired) electrons. The van der Waals surface area contributed by atoms with Crippen LogP contribution < -0.4 is 0 Å². The summed E-state index contributed by atoms with van der Waals surface area (Å²) in [5, 5.41) is 2.73. The van der Waals surface area contributed by atoms with Gasteiger partial charge in [0.1, 0.15) is 0 Å². The van der Waals surface area contributed by atoms with Crippen molar-refractivity contribution < 1.29 is 0 Å². The van der Waals surface area contributed by atoms with Gasteiger partial charge in [-0.3, -0.25) is 0 Å². The molecule has 0 aliphatic heterocycles. The number of rotatable bonds is 2. The Kier molecular flexibility index (Phi) is 3.64. The minimum atomic E-state index is 0.954. The number of hydrogen-bond acceptors (Lipinski definition) is 0. The lowest BCUT2D eigenvalue weighted by molar-refractivity contribution is 1.41. The summed E-state index contributed by atoms with van der Waals surface area (Å²) in [6, 6.07) is 32.8. The van der Waals surface area contributed by atoms with Gasteiger partial charge >= 0.3 is 0 Å². The van der Waals surface area contributed by atoms with Crippen molar-refractivity contribution in [2.75, 3.05) is 0 Å². The van der Waals surface area contributed by atoms with Crippen LogP contribution in [0.4, 0.5) is 0 Å². The van der Waals surface area contributed by atoms with E-state index in [-0.39, 0.29) is 0 Å². The van der Waals surface area contributed by atoms with Gasteiger partial charge in [0.25, 0.3) is 0 Å². The second kappa shape index (κ2) is 6.46. The zero-order chi connectivity index (χ0) is 19.2. The van der Waals surface area contributed by atoms with Gasteiger partial charge in [-0.25, -0.2) is 0 Å². The Hall–Kier alpha value is -3.64. The molecule has 4 aromatic rings. The average Bonchev–Trinajstić information content (AvgIpc) is 2.95. The van der Waals surface area contributed by atoms with E-state index in [1.54, 1.807) is 0 Å². The first-order valence-corrected chi connectivity index (χ1v) is 10.2. The number of benzene rings is 4. The quantitative estimate of drug-likeness (QED) is 0.339. The summed E-state index contributed by atoms with van der Waals surface area (Å²) >= 11 is 0. The highest BCUT2D eigenvalue weighted by Gasteiger charge is 2.26. The van der Waals surface area contributed by atoms with E-state index in [4.69, 9.17) is 0 Å². The Balaban J connectivity index is 1.59. The van der Waals surface area contributed by atoms with Crippen molar-refractivity contribution in [1.29, 1.82) is 0 Å². The lowest BCUT2D eigenvalue weighted by Gasteiger charge is -2.09. The maximum Gasteiger partial charge on any atom is -0.00203 e. The van der Waals surface area contributed by atoms with Gasteiger partial charge in [-0.1, -0.05) is 103 Å². The molecule has 0 aromatic heterocycles. The molecule has 4 aromatic carbocycles. The summed E-state index contributed by atoms with van der Waals surface area (Å²) in [5.74, 6) is 0. The second-order valence-electron chi connectivity index (χ2n) is 7.69. The van der Waals surface area contributed by atoms with Crippen LogP contribution in [-0.2, 0) is 0 Å². The largest absolute Gasteiger partial charge is 0.0728 e. The normalized spacial score (nSPS) is 14.7. The van der Waals surface area contributed by atoms with Crippen LogP contribution in [0.25, 0.3) is 38.6 Å². The molecule has 29 heavy (non-hydrogen) atoms. The SMILES string of the molecule is C1=C(c2ccccc2)C=C2C(=CC1)c1ccc(-c3ccccc3)c3cccc2c13. The number of hydrogen-bond donors (Lipinski definition) is 0. The molecular formula is C29H20. The van der Waals surface area contributed by atoms with E-state index in [0.717, 1.165) is 6.42 Å². The van der Waals surface area contributed by atoms with Crippen LogP contribution in [0, 0.1) is 0 Å². The first-order chi connectivity index (χ1) is 14.4. The molecular weight excluding hydrogens is 348 g/mol. The number of fused-ring (bicyclic) bond motifs is 3. The summed E-state index contributed by atoms with van der Waals surface area (Å²) in [6.45, 7) is 0. The van der Waals surface area contributed by atoms with Gasteiger partial charge in [-0.2, -0.15) is 0 Å². The molecule has 0 saturated heterocycles. The van der Waals surface area contributed by atoms with Crippen LogP contribution in [0.5, 0.6) is 0 Å². The summed E-state index contributed by atoms with van der Waals surface area (Å²) < 4.78 is 0. The molecule has 2 aliphatic carbocycles. The first kappa shape index (κ1) is 16.3. The molecule has 0 heteroatoms. The van der Waals surface area contributed by atoms with Crippen LogP contribution in [0.2, 0.25) is 0 Å². The van der Waals surface area contributed by atoms with E-state index in [0.29, 0.717) is 0 Å². The van der Waals surface area contributed by atoms with E-state index in [1.165, 1.54) is 55.3 Å². The van der Waals surface area contributed by atoms with E-state index >= 15 is 0 Å². The Morgan fingerprint density at radius 3 is 1.97 bits per heavy atom. The fourth-order valence-electron chi connectivity index (χ4n) is 4.74. The molecule has 2 aliphatic rings. The standard InChI is InChI=1S/C29H20/c1-3-9-20(10-4-1)22-13-7-14-24-27-18-17-23(21-11-5-2-6-12-21)25-15-8-16-26(29(25)27)28(24)19-22/h1-6,8-19H,7H2. The topological polar surface area (TPSA) is 0 Å². The van der Waals surface area contributed by atoms with E-state index in [2.05, 4.69) is 109 Å². The summed E-state index contributed by atoms with van der Waals surface area (Å²) in [6.07, 6.45) is 8.06. The summed E-state index contributed by atoms with van der Waals surface area (Å²) in [7, 11) is 0. The zero-order valence-corrected chi connectivity index (χ0v) is 16.1. The van der Waals surface area contributed by atoms with Gasteiger partial charge in [0.15, 0.2) is 0 Å². The lowest BCUT2D eigenvalue weighted by atomic mass is 9.94. The third kappa shape index (κ3) is 2.53. The van der Waals surface area contributed by atoms with Crippen molar-refractivity contribution in [2.45, 2.75) is 6.42 Å². The van der Waals surface area contributed by atoms with Gasteiger partial charge in [0, 0.05) is 0 Å². The molecule has 0 nitrogen and oxygen atoms in total. The fourth-order valence-corrected chi connectivity index (χ4v) is 4.74. The Morgan fingerprint density at radius 2 is 1.17 bits per heavy atom. The van der Waals surface area contributed by atoms with E-state index < -0.39 is 0 Å². The minimum absolute atomic E-state index is 0.954. The van der Waals surface area contributed by atoms with Gasteiger partial charge in [0.05, 0.1) is 0 Å². The highest BCUT2D eigenvalue weighted by molar-refractivity contribution is 6.25. The molecule has 0 unspecified atom stereocenters. The number of allylic oxidation sites excluding steroid dienone is 6. The molecule has 6 rings (SSSR count). The van der Waals surface area contributed by atoms with Gasteiger partial charge in [-0.05, 0) is 67.8 Å². The molecule has 0 atom stereocenters. The minimum Gasteiger partial charge on any atom is -0.0728 e. The van der Waals surface area contributed by atoms with Gasteiger partial charge in [-0.15, -0.1) is 0 Å². The molecule has 0 spiro atoms. The van der Waals surface area contributed by atoms with Gasteiger partial charge in [0.2, 0.25) is 0 Å². The Bertz CT molecular complexity index is 1330. The predicted molar refractivity (Wildman–Crippen MR) is 124 cm³/mol. The van der Waals surface area contributed by atoms with Crippen LogP contribution >= 0.6 is 0 Å². The highest BCUT2D eigenvalue weighted by Crippen LogP contribution is 2.49. The maximum atomic E-state index is 2.39.